The van der Waals surface area contributed by atoms with Gasteiger partial charge in [0.25, 0.3) is 0 Å². The van der Waals surface area contributed by atoms with Crippen LogP contribution in [0.4, 0.5) is 5.69 Å². The summed E-state index contributed by atoms with van der Waals surface area (Å²) in [5.41, 5.74) is 3.00. The molecule has 0 aliphatic heterocycles. The number of methoxy groups -OCH3 is 1. The second kappa shape index (κ2) is 14.3. The molecule has 1 N–H and O–H groups in total. The zero-order valence-corrected chi connectivity index (χ0v) is 27.3. The van der Waals surface area contributed by atoms with E-state index in [0.717, 1.165) is 52.9 Å². The minimum atomic E-state index is -3.84. The van der Waals surface area contributed by atoms with Crippen molar-refractivity contribution in [2.24, 2.45) is 0 Å². The molecule has 0 aromatic heterocycles. The smallest absolute Gasteiger partial charge is 0.244 e. The van der Waals surface area contributed by atoms with Crippen LogP contribution < -0.4 is 14.4 Å². The molecule has 44 heavy (non-hydrogen) atoms. The standard InChI is InChI=1S/C35H45N3O5S/c1-35(2,3)28-18-20-30(21-19-28)38(44(5,41)42)25-33(39)37(24-27-14-11-17-31(22-27)43-4)32(23-26-12-7-6-8-13-26)34(40)36-29-15-9-10-16-29/h6-8,11-14,17-22,29,32H,9-10,15-16,23-25H2,1-5H3,(H,36,40)/t32-/m0/s1. The Kier molecular flexibility index (Phi) is 10.7. The van der Waals surface area contributed by atoms with E-state index < -0.39 is 28.5 Å². The summed E-state index contributed by atoms with van der Waals surface area (Å²) in [7, 11) is -2.26. The maximum absolute atomic E-state index is 14.3. The molecule has 0 unspecified atom stereocenters. The summed E-state index contributed by atoms with van der Waals surface area (Å²) in [6.45, 7) is 5.91. The molecule has 8 nitrogen and oxygen atoms in total. The summed E-state index contributed by atoms with van der Waals surface area (Å²) in [4.78, 5) is 29.8. The van der Waals surface area contributed by atoms with Gasteiger partial charge in [0.2, 0.25) is 21.8 Å². The van der Waals surface area contributed by atoms with Crippen molar-refractivity contribution in [2.45, 2.75) is 76.9 Å². The lowest BCUT2D eigenvalue weighted by Crippen LogP contribution is -2.54. The van der Waals surface area contributed by atoms with Gasteiger partial charge in [0.1, 0.15) is 18.3 Å². The monoisotopic (exact) mass is 619 g/mol. The Labute approximate surface area is 262 Å². The van der Waals surface area contributed by atoms with E-state index in [2.05, 4.69) is 26.1 Å². The first-order valence-corrected chi connectivity index (χ1v) is 17.0. The average Bonchev–Trinajstić information content (AvgIpc) is 3.50. The molecule has 1 aliphatic rings. The number of carbonyl (C=O) groups excluding carboxylic acids is 2. The van der Waals surface area contributed by atoms with Gasteiger partial charge in [-0.05, 0) is 59.2 Å². The van der Waals surface area contributed by atoms with E-state index in [0.29, 0.717) is 11.4 Å². The summed E-state index contributed by atoms with van der Waals surface area (Å²) in [5.74, 6) is -0.0836. The molecule has 0 heterocycles. The van der Waals surface area contributed by atoms with Crippen LogP contribution in [0.15, 0.2) is 78.9 Å². The molecule has 236 valence electrons. The zero-order chi connectivity index (χ0) is 31.9. The van der Waals surface area contributed by atoms with E-state index >= 15 is 0 Å². The SMILES string of the molecule is COc1cccc(CN(C(=O)CN(c2ccc(C(C)(C)C)cc2)S(C)(=O)=O)[C@@H](Cc2ccccc2)C(=O)NC2CCCC2)c1. The highest BCUT2D eigenvalue weighted by atomic mass is 32.2. The van der Waals surface area contributed by atoms with E-state index in [-0.39, 0.29) is 30.3 Å². The molecular formula is C35H45N3O5S. The Balaban J connectivity index is 1.73. The first-order chi connectivity index (χ1) is 20.8. The number of benzene rings is 3. The third-order valence-electron chi connectivity index (χ3n) is 8.16. The topological polar surface area (TPSA) is 96.0 Å². The third-order valence-corrected chi connectivity index (χ3v) is 9.30. The predicted octanol–water partition coefficient (Wildman–Crippen LogP) is 5.46. The number of amides is 2. The number of anilines is 1. The first kappa shape index (κ1) is 33.1. The van der Waals surface area contributed by atoms with Crippen molar-refractivity contribution in [1.82, 2.24) is 10.2 Å². The predicted molar refractivity (Wildman–Crippen MR) is 175 cm³/mol. The fraction of sp³-hybridized carbons (Fsp3) is 0.429. The molecule has 1 saturated carbocycles. The van der Waals surface area contributed by atoms with Gasteiger partial charge in [-0.15, -0.1) is 0 Å². The maximum Gasteiger partial charge on any atom is 0.244 e. The molecule has 0 spiro atoms. The normalized spacial score (nSPS) is 14.6. The molecule has 0 radical (unpaired) electrons. The number of ether oxygens (including phenoxy) is 1. The fourth-order valence-corrected chi connectivity index (χ4v) is 6.48. The van der Waals surface area contributed by atoms with Crippen molar-refractivity contribution >= 4 is 27.5 Å². The van der Waals surface area contributed by atoms with Crippen LogP contribution in [0.25, 0.3) is 0 Å². The molecule has 0 saturated heterocycles. The summed E-state index contributed by atoms with van der Waals surface area (Å²) >= 11 is 0. The van der Waals surface area contributed by atoms with Crippen molar-refractivity contribution in [3.8, 4) is 5.75 Å². The molecule has 3 aromatic rings. The van der Waals surface area contributed by atoms with Crippen LogP contribution in [-0.4, -0.2) is 57.1 Å². The Morgan fingerprint density at radius 1 is 0.932 bits per heavy atom. The first-order valence-electron chi connectivity index (χ1n) is 15.2. The van der Waals surface area contributed by atoms with E-state index in [1.165, 1.54) is 4.90 Å². The Bertz CT molecular complexity index is 1510. The number of nitrogens with one attached hydrogen (secondary N) is 1. The molecule has 1 fully saturated rings. The molecule has 9 heteroatoms. The number of hydrogen-bond donors (Lipinski definition) is 1. The summed E-state index contributed by atoms with van der Waals surface area (Å²) < 4.78 is 32.7. The van der Waals surface area contributed by atoms with Gasteiger partial charge in [-0.25, -0.2) is 8.42 Å². The Morgan fingerprint density at radius 2 is 1.57 bits per heavy atom. The summed E-state index contributed by atoms with van der Waals surface area (Å²) in [6.07, 6.45) is 5.29. The highest BCUT2D eigenvalue weighted by Gasteiger charge is 2.34. The van der Waals surface area contributed by atoms with Gasteiger partial charge >= 0.3 is 0 Å². The second-order valence-electron chi connectivity index (χ2n) is 12.6. The lowest BCUT2D eigenvalue weighted by molar-refractivity contribution is -0.140. The average molecular weight is 620 g/mol. The van der Waals surface area contributed by atoms with E-state index in [1.54, 1.807) is 19.2 Å². The van der Waals surface area contributed by atoms with Crippen molar-refractivity contribution in [3.63, 3.8) is 0 Å². The molecule has 2 amide bonds. The molecule has 4 rings (SSSR count). The van der Waals surface area contributed by atoms with Crippen molar-refractivity contribution in [2.75, 3.05) is 24.2 Å². The number of carbonyl (C=O) groups is 2. The van der Waals surface area contributed by atoms with Crippen LogP contribution in [0.3, 0.4) is 0 Å². The molecule has 1 atom stereocenters. The van der Waals surface area contributed by atoms with Crippen LogP contribution >= 0.6 is 0 Å². The number of sulfonamides is 1. The van der Waals surface area contributed by atoms with Gasteiger partial charge in [0.05, 0.1) is 19.1 Å². The van der Waals surface area contributed by atoms with Crippen molar-refractivity contribution in [1.29, 1.82) is 0 Å². The number of hydrogen-bond acceptors (Lipinski definition) is 5. The largest absolute Gasteiger partial charge is 0.497 e. The quantitative estimate of drug-likeness (QED) is 0.291. The molecular weight excluding hydrogens is 574 g/mol. The lowest BCUT2D eigenvalue weighted by Gasteiger charge is -2.34. The molecule has 1 aliphatic carbocycles. The third kappa shape index (κ3) is 8.85. The lowest BCUT2D eigenvalue weighted by atomic mass is 9.87. The fourth-order valence-electron chi connectivity index (χ4n) is 5.63. The molecule has 3 aromatic carbocycles. The van der Waals surface area contributed by atoms with Gasteiger partial charge < -0.3 is 15.0 Å². The Hall–Kier alpha value is -3.85. The minimum Gasteiger partial charge on any atom is -0.497 e. The van der Waals surface area contributed by atoms with Crippen LogP contribution in [0.5, 0.6) is 5.75 Å². The van der Waals surface area contributed by atoms with Crippen LogP contribution in [-0.2, 0) is 38.0 Å². The van der Waals surface area contributed by atoms with E-state index in [1.807, 2.05) is 66.7 Å². The summed E-state index contributed by atoms with van der Waals surface area (Å²) in [6, 6.07) is 23.4. The highest BCUT2D eigenvalue weighted by Crippen LogP contribution is 2.27. The maximum atomic E-state index is 14.3. The minimum absolute atomic E-state index is 0.0587. The van der Waals surface area contributed by atoms with Crippen LogP contribution in [0, 0.1) is 0 Å². The van der Waals surface area contributed by atoms with Crippen LogP contribution in [0.2, 0.25) is 0 Å². The van der Waals surface area contributed by atoms with Gasteiger partial charge in [0, 0.05) is 19.0 Å². The number of nitrogens with zero attached hydrogens (tertiary/aromatic N) is 2. The van der Waals surface area contributed by atoms with Gasteiger partial charge in [0.15, 0.2) is 0 Å². The van der Waals surface area contributed by atoms with Crippen molar-refractivity contribution in [3.05, 3.63) is 95.6 Å². The highest BCUT2D eigenvalue weighted by molar-refractivity contribution is 7.92. The van der Waals surface area contributed by atoms with Crippen LogP contribution in [0.1, 0.15) is 63.1 Å². The second-order valence-corrected chi connectivity index (χ2v) is 14.5. The van der Waals surface area contributed by atoms with Gasteiger partial charge in [-0.3, -0.25) is 13.9 Å². The van der Waals surface area contributed by atoms with Gasteiger partial charge in [-0.1, -0.05) is 88.2 Å². The zero-order valence-electron chi connectivity index (χ0n) is 26.5. The van der Waals surface area contributed by atoms with E-state index in [9.17, 15) is 18.0 Å². The van der Waals surface area contributed by atoms with E-state index in [4.69, 9.17) is 4.74 Å². The number of rotatable bonds is 12. The van der Waals surface area contributed by atoms with Gasteiger partial charge in [-0.2, -0.15) is 0 Å². The molecule has 0 bridgehead atoms. The Morgan fingerprint density at radius 3 is 2.16 bits per heavy atom. The van der Waals surface area contributed by atoms with Crippen molar-refractivity contribution < 1.29 is 22.7 Å². The summed E-state index contributed by atoms with van der Waals surface area (Å²) in [5, 5.41) is 3.19.